The monoisotopic (exact) mass is 281 g/mol. The summed E-state index contributed by atoms with van der Waals surface area (Å²) in [4.78, 5) is 0. The molecular weight excluding hydrogens is 258 g/mol. The Hall–Kier alpha value is -1.80. The van der Waals surface area contributed by atoms with E-state index in [1.165, 1.54) is 24.0 Å². The van der Waals surface area contributed by atoms with Crippen LogP contribution in [0.25, 0.3) is 0 Å². The molecule has 2 heteroatoms. The fourth-order valence-corrected chi connectivity index (χ4v) is 2.98. The summed E-state index contributed by atoms with van der Waals surface area (Å²) in [6.07, 6.45) is 2.45. The third-order valence-corrected chi connectivity index (χ3v) is 4.20. The molecular formula is C19H23NO. The van der Waals surface area contributed by atoms with E-state index in [-0.39, 0.29) is 0 Å². The first kappa shape index (κ1) is 14.2. The predicted molar refractivity (Wildman–Crippen MR) is 86.4 cm³/mol. The molecule has 2 atom stereocenters. The van der Waals surface area contributed by atoms with Crippen molar-refractivity contribution in [2.45, 2.75) is 32.4 Å². The van der Waals surface area contributed by atoms with Crippen LogP contribution in [0.1, 0.15) is 36.9 Å². The van der Waals surface area contributed by atoms with Crippen molar-refractivity contribution >= 4 is 0 Å². The Labute approximate surface area is 127 Å². The zero-order valence-electron chi connectivity index (χ0n) is 12.6. The minimum atomic E-state index is 0.417. The predicted octanol–water partition coefficient (Wildman–Crippen LogP) is 4.33. The van der Waals surface area contributed by atoms with Gasteiger partial charge in [0, 0.05) is 11.6 Å². The second-order valence-electron chi connectivity index (χ2n) is 5.95. The minimum absolute atomic E-state index is 0.417. The average Bonchev–Trinajstić information content (AvgIpc) is 2.54. The summed E-state index contributed by atoms with van der Waals surface area (Å²) >= 11 is 0. The quantitative estimate of drug-likeness (QED) is 0.901. The van der Waals surface area contributed by atoms with E-state index in [0.29, 0.717) is 12.6 Å². The highest BCUT2D eigenvalue weighted by atomic mass is 16.5. The molecule has 0 saturated carbocycles. The van der Waals surface area contributed by atoms with Crippen LogP contribution in [0, 0.1) is 5.92 Å². The molecule has 110 valence electrons. The number of hydrogen-bond donors (Lipinski definition) is 1. The van der Waals surface area contributed by atoms with Crippen molar-refractivity contribution in [3.05, 3.63) is 65.7 Å². The first-order valence-electron chi connectivity index (χ1n) is 7.82. The Morgan fingerprint density at radius 1 is 1.05 bits per heavy atom. The van der Waals surface area contributed by atoms with Gasteiger partial charge in [0.1, 0.15) is 12.4 Å². The van der Waals surface area contributed by atoms with Gasteiger partial charge in [-0.2, -0.15) is 0 Å². The molecule has 1 fully saturated rings. The second kappa shape index (κ2) is 6.77. The topological polar surface area (TPSA) is 21.3 Å². The number of nitrogens with one attached hydrogen (secondary N) is 1. The van der Waals surface area contributed by atoms with Crippen LogP contribution in [-0.2, 0) is 6.61 Å². The van der Waals surface area contributed by atoms with Gasteiger partial charge in [0.2, 0.25) is 0 Å². The van der Waals surface area contributed by atoms with Gasteiger partial charge in [-0.1, -0.05) is 55.5 Å². The highest BCUT2D eigenvalue weighted by Crippen LogP contribution is 2.32. The molecule has 2 unspecified atom stereocenters. The molecule has 2 aromatic rings. The van der Waals surface area contributed by atoms with Crippen LogP contribution in [-0.4, -0.2) is 6.54 Å². The molecule has 2 nitrogen and oxygen atoms in total. The number of piperidine rings is 1. The van der Waals surface area contributed by atoms with Gasteiger partial charge < -0.3 is 10.1 Å². The molecule has 3 rings (SSSR count). The zero-order chi connectivity index (χ0) is 14.5. The van der Waals surface area contributed by atoms with Crippen molar-refractivity contribution in [1.82, 2.24) is 5.32 Å². The van der Waals surface area contributed by atoms with E-state index in [1.807, 2.05) is 6.07 Å². The van der Waals surface area contributed by atoms with Crippen molar-refractivity contribution in [3.63, 3.8) is 0 Å². The summed E-state index contributed by atoms with van der Waals surface area (Å²) in [6, 6.07) is 19.2. The van der Waals surface area contributed by atoms with Crippen LogP contribution in [0.5, 0.6) is 5.75 Å². The number of para-hydroxylation sites is 1. The maximum atomic E-state index is 6.07. The van der Waals surface area contributed by atoms with Gasteiger partial charge in [0.15, 0.2) is 0 Å². The lowest BCUT2D eigenvalue weighted by molar-refractivity contribution is 0.283. The zero-order valence-corrected chi connectivity index (χ0v) is 12.6. The SMILES string of the molecule is CC1CCNC(c2ccccc2OCc2ccccc2)C1. The van der Waals surface area contributed by atoms with Crippen LogP contribution < -0.4 is 10.1 Å². The van der Waals surface area contributed by atoms with E-state index in [2.05, 4.69) is 60.8 Å². The van der Waals surface area contributed by atoms with Crippen molar-refractivity contribution in [3.8, 4) is 5.75 Å². The molecule has 1 saturated heterocycles. The summed E-state index contributed by atoms with van der Waals surface area (Å²) in [7, 11) is 0. The molecule has 1 aliphatic rings. The van der Waals surface area contributed by atoms with Crippen molar-refractivity contribution in [1.29, 1.82) is 0 Å². The molecule has 0 spiro atoms. The largest absolute Gasteiger partial charge is 0.489 e. The first-order valence-corrected chi connectivity index (χ1v) is 7.82. The average molecular weight is 281 g/mol. The van der Waals surface area contributed by atoms with Crippen molar-refractivity contribution in [2.75, 3.05) is 6.54 Å². The maximum Gasteiger partial charge on any atom is 0.124 e. The number of ether oxygens (including phenoxy) is 1. The smallest absolute Gasteiger partial charge is 0.124 e. The van der Waals surface area contributed by atoms with E-state index >= 15 is 0 Å². The van der Waals surface area contributed by atoms with E-state index in [1.54, 1.807) is 0 Å². The summed E-state index contributed by atoms with van der Waals surface area (Å²) in [5.74, 6) is 1.78. The highest BCUT2D eigenvalue weighted by molar-refractivity contribution is 5.36. The lowest BCUT2D eigenvalue weighted by Gasteiger charge is -2.29. The standard InChI is InChI=1S/C19H23NO/c1-15-11-12-20-18(13-15)17-9-5-6-10-19(17)21-14-16-7-3-2-4-8-16/h2-10,15,18,20H,11-14H2,1H3. The van der Waals surface area contributed by atoms with Crippen LogP contribution >= 0.6 is 0 Å². The van der Waals surface area contributed by atoms with E-state index in [4.69, 9.17) is 4.74 Å². The molecule has 1 aliphatic heterocycles. The molecule has 2 aromatic carbocycles. The fourth-order valence-electron chi connectivity index (χ4n) is 2.98. The van der Waals surface area contributed by atoms with Gasteiger partial charge in [-0.05, 0) is 36.9 Å². The third-order valence-electron chi connectivity index (χ3n) is 4.20. The molecule has 0 aromatic heterocycles. The summed E-state index contributed by atoms with van der Waals surface area (Å²) < 4.78 is 6.07. The third kappa shape index (κ3) is 3.64. The lowest BCUT2D eigenvalue weighted by Crippen LogP contribution is -2.31. The molecule has 0 aliphatic carbocycles. The van der Waals surface area contributed by atoms with Crippen LogP contribution in [0.3, 0.4) is 0 Å². The fraction of sp³-hybridized carbons (Fsp3) is 0.368. The van der Waals surface area contributed by atoms with Crippen molar-refractivity contribution in [2.24, 2.45) is 5.92 Å². The first-order chi connectivity index (χ1) is 10.3. The Kier molecular flexibility index (Phi) is 4.56. The highest BCUT2D eigenvalue weighted by Gasteiger charge is 2.22. The molecule has 0 radical (unpaired) electrons. The number of benzene rings is 2. The number of hydrogen-bond acceptors (Lipinski definition) is 2. The molecule has 1 heterocycles. The summed E-state index contributed by atoms with van der Waals surface area (Å²) in [5, 5.41) is 3.62. The van der Waals surface area contributed by atoms with Gasteiger partial charge in [0.25, 0.3) is 0 Å². The van der Waals surface area contributed by atoms with E-state index in [0.717, 1.165) is 18.2 Å². The molecule has 1 N–H and O–H groups in total. The summed E-state index contributed by atoms with van der Waals surface area (Å²) in [5.41, 5.74) is 2.50. The Bertz CT molecular complexity index is 567. The lowest BCUT2D eigenvalue weighted by atomic mass is 9.90. The molecule has 0 bridgehead atoms. The second-order valence-corrected chi connectivity index (χ2v) is 5.95. The molecule has 21 heavy (non-hydrogen) atoms. The van der Waals surface area contributed by atoms with Crippen molar-refractivity contribution < 1.29 is 4.74 Å². The minimum Gasteiger partial charge on any atom is -0.489 e. The molecule has 0 amide bonds. The van der Waals surface area contributed by atoms with Gasteiger partial charge >= 0.3 is 0 Å². The summed E-state index contributed by atoms with van der Waals surface area (Å²) in [6.45, 7) is 4.06. The maximum absolute atomic E-state index is 6.07. The normalized spacial score (nSPS) is 22.0. The van der Waals surface area contributed by atoms with Crippen LogP contribution in [0.15, 0.2) is 54.6 Å². The Morgan fingerprint density at radius 3 is 2.62 bits per heavy atom. The van der Waals surface area contributed by atoms with Gasteiger partial charge in [-0.3, -0.25) is 0 Å². The Morgan fingerprint density at radius 2 is 1.81 bits per heavy atom. The van der Waals surface area contributed by atoms with Crippen LogP contribution in [0.2, 0.25) is 0 Å². The van der Waals surface area contributed by atoms with E-state index < -0.39 is 0 Å². The Balaban J connectivity index is 1.73. The number of rotatable bonds is 4. The van der Waals surface area contributed by atoms with E-state index in [9.17, 15) is 0 Å². The van der Waals surface area contributed by atoms with Gasteiger partial charge in [0.05, 0.1) is 0 Å². The van der Waals surface area contributed by atoms with Gasteiger partial charge in [-0.25, -0.2) is 0 Å². The van der Waals surface area contributed by atoms with Crippen LogP contribution in [0.4, 0.5) is 0 Å². The van der Waals surface area contributed by atoms with Gasteiger partial charge in [-0.15, -0.1) is 0 Å².